The lowest BCUT2D eigenvalue weighted by molar-refractivity contribution is 0.323. The number of hydrogen-bond acceptors (Lipinski definition) is 4. The van der Waals surface area contributed by atoms with E-state index < -0.39 is 0 Å². The van der Waals surface area contributed by atoms with E-state index in [0.717, 1.165) is 18.5 Å². The Morgan fingerprint density at radius 1 is 1.54 bits per heavy atom. The molecule has 0 bridgehead atoms. The second-order valence-electron chi connectivity index (χ2n) is 3.33. The third-order valence-corrected chi connectivity index (χ3v) is 2.20. The highest BCUT2D eigenvalue weighted by atomic mass is 16.5. The number of ether oxygens (including phenoxy) is 1. The van der Waals surface area contributed by atoms with Crippen LogP contribution in [0.15, 0.2) is 12.4 Å². The monoisotopic (exact) mass is 179 g/mol. The molecular weight excluding hydrogens is 166 g/mol. The Morgan fingerprint density at radius 2 is 2.31 bits per heavy atom. The second-order valence-corrected chi connectivity index (χ2v) is 3.33. The summed E-state index contributed by atoms with van der Waals surface area (Å²) in [6.45, 7) is 2.53. The lowest BCUT2D eigenvalue weighted by Crippen LogP contribution is -2.20. The van der Waals surface area contributed by atoms with Gasteiger partial charge in [0, 0.05) is 0 Å². The van der Waals surface area contributed by atoms with E-state index in [4.69, 9.17) is 10.5 Å². The standard InChI is InChI=1S/C9H13N3O/c1-2-13-8-6-11-5-7(12-8)9(10)3-4-9/h5-6H,2-4,10H2,1H3. The maximum absolute atomic E-state index is 5.97. The summed E-state index contributed by atoms with van der Waals surface area (Å²) < 4.78 is 5.24. The maximum Gasteiger partial charge on any atom is 0.232 e. The van der Waals surface area contributed by atoms with Crippen molar-refractivity contribution in [3.8, 4) is 5.88 Å². The van der Waals surface area contributed by atoms with E-state index in [-0.39, 0.29) is 5.54 Å². The fourth-order valence-electron chi connectivity index (χ4n) is 1.20. The second kappa shape index (κ2) is 2.96. The van der Waals surface area contributed by atoms with Crippen LogP contribution in [0.4, 0.5) is 0 Å². The van der Waals surface area contributed by atoms with Gasteiger partial charge in [0.15, 0.2) is 0 Å². The molecular formula is C9H13N3O. The highest BCUT2D eigenvalue weighted by Crippen LogP contribution is 2.41. The zero-order valence-electron chi connectivity index (χ0n) is 7.66. The average molecular weight is 179 g/mol. The van der Waals surface area contributed by atoms with Gasteiger partial charge >= 0.3 is 0 Å². The Balaban J connectivity index is 2.22. The lowest BCUT2D eigenvalue weighted by atomic mass is 10.2. The topological polar surface area (TPSA) is 61.0 Å². The molecule has 0 spiro atoms. The van der Waals surface area contributed by atoms with Crippen LogP contribution in [-0.2, 0) is 5.54 Å². The van der Waals surface area contributed by atoms with Gasteiger partial charge in [-0.25, -0.2) is 4.98 Å². The van der Waals surface area contributed by atoms with E-state index >= 15 is 0 Å². The zero-order chi connectivity index (χ0) is 9.31. The first-order chi connectivity index (χ1) is 6.24. The third-order valence-electron chi connectivity index (χ3n) is 2.20. The minimum atomic E-state index is -0.222. The molecule has 0 saturated heterocycles. The molecule has 1 aromatic rings. The van der Waals surface area contributed by atoms with Crippen LogP contribution in [0.3, 0.4) is 0 Å². The quantitative estimate of drug-likeness (QED) is 0.746. The molecule has 1 saturated carbocycles. The Morgan fingerprint density at radius 3 is 2.92 bits per heavy atom. The molecule has 4 nitrogen and oxygen atoms in total. The van der Waals surface area contributed by atoms with Crippen LogP contribution in [0.5, 0.6) is 5.88 Å². The van der Waals surface area contributed by atoms with Gasteiger partial charge in [0.05, 0.1) is 30.2 Å². The lowest BCUT2D eigenvalue weighted by Gasteiger charge is -2.08. The van der Waals surface area contributed by atoms with Crippen LogP contribution in [0.2, 0.25) is 0 Å². The molecule has 0 amide bonds. The van der Waals surface area contributed by atoms with E-state index in [0.29, 0.717) is 12.5 Å². The molecule has 0 aromatic carbocycles. The third kappa shape index (κ3) is 1.62. The molecule has 1 aliphatic carbocycles. The summed E-state index contributed by atoms with van der Waals surface area (Å²) in [7, 11) is 0. The summed E-state index contributed by atoms with van der Waals surface area (Å²) in [6.07, 6.45) is 5.32. The van der Waals surface area contributed by atoms with Gasteiger partial charge in [-0.2, -0.15) is 0 Å². The van der Waals surface area contributed by atoms with Crippen molar-refractivity contribution < 1.29 is 4.74 Å². The zero-order valence-corrected chi connectivity index (χ0v) is 7.66. The van der Waals surface area contributed by atoms with Crippen molar-refractivity contribution in [3.63, 3.8) is 0 Å². The summed E-state index contributed by atoms with van der Waals surface area (Å²) in [4.78, 5) is 8.33. The number of hydrogen-bond donors (Lipinski definition) is 1. The fraction of sp³-hybridized carbons (Fsp3) is 0.556. The summed E-state index contributed by atoms with van der Waals surface area (Å²) in [5.74, 6) is 0.566. The highest BCUT2D eigenvalue weighted by Gasteiger charge is 2.41. The molecule has 0 aliphatic heterocycles. The van der Waals surface area contributed by atoms with Gasteiger partial charge < -0.3 is 10.5 Å². The number of aromatic nitrogens is 2. The Bertz CT molecular complexity index is 309. The summed E-state index contributed by atoms with van der Waals surface area (Å²) in [6, 6.07) is 0. The average Bonchev–Trinajstić information content (AvgIpc) is 2.86. The van der Waals surface area contributed by atoms with Crippen molar-refractivity contribution in [3.05, 3.63) is 18.1 Å². The first-order valence-corrected chi connectivity index (χ1v) is 4.49. The number of nitrogens with zero attached hydrogens (tertiary/aromatic N) is 2. The molecule has 2 rings (SSSR count). The predicted octanol–water partition coefficient (Wildman–Crippen LogP) is 0.823. The van der Waals surface area contributed by atoms with Crippen molar-refractivity contribution in [2.45, 2.75) is 25.3 Å². The highest BCUT2D eigenvalue weighted by molar-refractivity contribution is 5.22. The largest absolute Gasteiger partial charge is 0.477 e. The van der Waals surface area contributed by atoms with Crippen LogP contribution in [-0.4, -0.2) is 16.6 Å². The van der Waals surface area contributed by atoms with Gasteiger partial charge in [-0.3, -0.25) is 4.98 Å². The van der Waals surface area contributed by atoms with Crippen molar-refractivity contribution in [2.75, 3.05) is 6.61 Å². The van der Waals surface area contributed by atoms with Gasteiger partial charge in [0.1, 0.15) is 0 Å². The summed E-state index contributed by atoms with van der Waals surface area (Å²) >= 11 is 0. The van der Waals surface area contributed by atoms with E-state index in [9.17, 15) is 0 Å². The fourth-order valence-corrected chi connectivity index (χ4v) is 1.20. The van der Waals surface area contributed by atoms with E-state index in [2.05, 4.69) is 9.97 Å². The molecule has 1 aromatic heterocycles. The molecule has 1 aliphatic rings. The minimum Gasteiger partial charge on any atom is -0.477 e. The van der Waals surface area contributed by atoms with Crippen molar-refractivity contribution in [1.29, 1.82) is 0 Å². The minimum absolute atomic E-state index is 0.222. The van der Waals surface area contributed by atoms with Gasteiger partial charge in [0.2, 0.25) is 5.88 Å². The number of nitrogens with two attached hydrogens (primary N) is 1. The summed E-state index contributed by atoms with van der Waals surface area (Å²) in [5, 5.41) is 0. The van der Waals surface area contributed by atoms with E-state index in [1.165, 1.54) is 0 Å². The van der Waals surface area contributed by atoms with E-state index in [1.807, 2.05) is 6.92 Å². The normalized spacial score (nSPS) is 18.3. The van der Waals surface area contributed by atoms with Crippen LogP contribution in [0.25, 0.3) is 0 Å². The first kappa shape index (κ1) is 8.44. The van der Waals surface area contributed by atoms with Gasteiger partial charge in [-0.05, 0) is 19.8 Å². The van der Waals surface area contributed by atoms with Crippen molar-refractivity contribution >= 4 is 0 Å². The van der Waals surface area contributed by atoms with Crippen LogP contribution in [0.1, 0.15) is 25.5 Å². The van der Waals surface area contributed by atoms with Crippen LogP contribution < -0.4 is 10.5 Å². The molecule has 2 N–H and O–H groups in total. The molecule has 1 heterocycles. The van der Waals surface area contributed by atoms with Crippen LogP contribution >= 0.6 is 0 Å². The Kier molecular flexibility index (Phi) is 1.92. The SMILES string of the molecule is CCOc1cncc(C2(N)CC2)n1. The van der Waals surface area contributed by atoms with Gasteiger partial charge in [-0.1, -0.05) is 0 Å². The summed E-state index contributed by atoms with van der Waals surface area (Å²) in [5.41, 5.74) is 6.60. The number of rotatable bonds is 3. The Hall–Kier alpha value is -1.16. The molecule has 70 valence electrons. The maximum atomic E-state index is 5.97. The smallest absolute Gasteiger partial charge is 0.232 e. The van der Waals surface area contributed by atoms with Crippen LogP contribution in [0, 0.1) is 0 Å². The molecule has 4 heteroatoms. The predicted molar refractivity (Wildman–Crippen MR) is 48.3 cm³/mol. The van der Waals surface area contributed by atoms with E-state index in [1.54, 1.807) is 12.4 Å². The molecule has 1 fully saturated rings. The molecule has 0 unspecified atom stereocenters. The first-order valence-electron chi connectivity index (χ1n) is 4.49. The Labute approximate surface area is 77.1 Å². The van der Waals surface area contributed by atoms with Gasteiger partial charge in [0.25, 0.3) is 0 Å². The molecule has 0 atom stereocenters. The molecule has 0 radical (unpaired) electrons. The van der Waals surface area contributed by atoms with Crippen molar-refractivity contribution in [1.82, 2.24) is 9.97 Å². The van der Waals surface area contributed by atoms with Crippen molar-refractivity contribution in [2.24, 2.45) is 5.73 Å². The van der Waals surface area contributed by atoms with Gasteiger partial charge in [-0.15, -0.1) is 0 Å². The molecule has 13 heavy (non-hydrogen) atoms.